The number of thiophene rings is 1. The molecular formula is C24H24F3NO3S2. The Morgan fingerprint density at radius 1 is 1.12 bits per heavy atom. The highest BCUT2D eigenvalue weighted by Crippen LogP contribution is 2.49. The molecule has 4 nitrogen and oxygen atoms in total. The summed E-state index contributed by atoms with van der Waals surface area (Å²) in [5.41, 5.74) is 3.24. The van der Waals surface area contributed by atoms with Gasteiger partial charge in [-0.3, -0.25) is 4.79 Å². The number of aromatic nitrogens is 1. The number of halogens is 3. The van der Waals surface area contributed by atoms with Crippen molar-refractivity contribution in [3.63, 3.8) is 0 Å². The SMILES string of the molecule is Cc1csc(-c2c(CC(=O)C3=C(C(=O)O)C4CCC3CC4)sc3c2CCC(C(F)(F)F)C3)n1. The molecule has 0 amide bonds. The highest BCUT2D eigenvalue weighted by molar-refractivity contribution is 7.15. The number of ketones is 1. The van der Waals surface area contributed by atoms with E-state index in [0.717, 1.165) is 52.4 Å². The van der Waals surface area contributed by atoms with Gasteiger partial charge in [0, 0.05) is 44.0 Å². The van der Waals surface area contributed by atoms with Crippen LogP contribution in [0.1, 0.15) is 53.1 Å². The lowest BCUT2D eigenvalue weighted by Gasteiger charge is -2.38. The number of thiazole rings is 1. The van der Waals surface area contributed by atoms with Gasteiger partial charge < -0.3 is 5.11 Å². The van der Waals surface area contributed by atoms with E-state index in [1.807, 2.05) is 12.3 Å². The summed E-state index contributed by atoms with van der Waals surface area (Å²) in [7, 11) is 0. The molecule has 9 heteroatoms. The lowest BCUT2D eigenvalue weighted by molar-refractivity contribution is -0.176. The zero-order chi connectivity index (χ0) is 23.5. The topological polar surface area (TPSA) is 67.3 Å². The molecule has 33 heavy (non-hydrogen) atoms. The molecule has 2 aromatic heterocycles. The van der Waals surface area contributed by atoms with E-state index in [1.165, 1.54) is 22.7 Å². The van der Waals surface area contributed by atoms with E-state index < -0.39 is 18.1 Å². The Kier molecular flexibility index (Phi) is 5.76. The van der Waals surface area contributed by atoms with Gasteiger partial charge >= 0.3 is 12.1 Å². The minimum absolute atomic E-state index is 0.0247. The van der Waals surface area contributed by atoms with Crippen molar-refractivity contribution in [2.24, 2.45) is 17.8 Å². The van der Waals surface area contributed by atoms with Crippen LogP contribution in [-0.2, 0) is 28.9 Å². The maximum atomic E-state index is 13.5. The van der Waals surface area contributed by atoms with Gasteiger partial charge in [0.05, 0.1) is 5.92 Å². The average molecular weight is 496 g/mol. The number of allylic oxidation sites excluding steroid dienone is 1. The Balaban J connectivity index is 1.54. The maximum Gasteiger partial charge on any atom is 0.392 e. The van der Waals surface area contributed by atoms with Crippen molar-refractivity contribution in [1.29, 1.82) is 0 Å². The molecule has 1 atom stereocenters. The molecular weight excluding hydrogens is 471 g/mol. The first kappa shape index (κ1) is 22.8. The lowest BCUT2D eigenvalue weighted by Crippen LogP contribution is -2.34. The second-order valence-corrected chi connectivity index (χ2v) is 11.4. The van der Waals surface area contributed by atoms with Crippen LogP contribution in [0.15, 0.2) is 16.5 Å². The van der Waals surface area contributed by atoms with Crippen LogP contribution in [0.2, 0.25) is 0 Å². The second kappa shape index (κ2) is 8.34. The number of fused-ring (bicyclic) bond motifs is 3. The average Bonchev–Trinajstić information content (AvgIpc) is 3.35. The van der Waals surface area contributed by atoms with Gasteiger partial charge in [0.2, 0.25) is 0 Å². The van der Waals surface area contributed by atoms with Gasteiger partial charge in [-0.2, -0.15) is 13.2 Å². The summed E-state index contributed by atoms with van der Waals surface area (Å²) < 4.78 is 40.2. The van der Waals surface area contributed by atoms with Crippen molar-refractivity contribution in [2.45, 2.75) is 64.5 Å². The van der Waals surface area contributed by atoms with Crippen molar-refractivity contribution >= 4 is 34.4 Å². The monoisotopic (exact) mass is 495 g/mol. The van der Waals surface area contributed by atoms with Crippen LogP contribution < -0.4 is 0 Å². The number of nitrogens with zero attached hydrogens (tertiary/aromatic N) is 1. The molecule has 0 radical (unpaired) electrons. The van der Waals surface area contributed by atoms with Gasteiger partial charge in [0.25, 0.3) is 0 Å². The number of carboxylic acids is 1. The quantitative estimate of drug-likeness (QED) is 0.540. The smallest absolute Gasteiger partial charge is 0.392 e. The number of Topliss-reactive ketones (excluding diaryl/α,β-unsaturated/α-hetero) is 1. The number of hydrogen-bond acceptors (Lipinski definition) is 5. The summed E-state index contributed by atoms with van der Waals surface area (Å²) >= 11 is 2.72. The summed E-state index contributed by atoms with van der Waals surface area (Å²) in [5.74, 6) is -2.67. The Morgan fingerprint density at radius 3 is 2.36 bits per heavy atom. The van der Waals surface area contributed by atoms with Crippen LogP contribution in [0.25, 0.3) is 10.6 Å². The largest absolute Gasteiger partial charge is 0.478 e. The first-order chi connectivity index (χ1) is 15.6. The number of aliphatic carboxylic acids is 1. The number of carbonyl (C=O) groups excluding carboxylic acids is 1. The lowest BCUT2D eigenvalue weighted by atomic mass is 9.65. The van der Waals surface area contributed by atoms with Crippen molar-refractivity contribution in [2.75, 3.05) is 0 Å². The van der Waals surface area contributed by atoms with Crippen molar-refractivity contribution in [3.8, 4) is 10.6 Å². The fourth-order valence-corrected chi connectivity index (χ4v) is 8.18. The fraction of sp³-hybridized carbons (Fsp3) is 0.542. The van der Waals surface area contributed by atoms with Gasteiger partial charge in [-0.1, -0.05) is 0 Å². The van der Waals surface area contributed by atoms with Gasteiger partial charge in [-0.05, 0) is 69.3 Å². The third kappa shape index (κ3) is 4.07. The molecule has 1 saturated carbocycles. The highest BCUT2D eigenvalue weighted by Gasteiger charge is 2.44. The standard InChI is InChI=1S/C24H24F3NO3S2/c1-11-10-32-22(28-11)21-15-7-6-14(24(25,26)27)8-17(15)33-18(21)9-16(29)19-12-2-4-13(5-3-12)20(19)23(30)31/h10,12-14H,2-9H2,1H3,(H,30,31). The number of alkyl halides is 3. The highest BCUT2D eigenvalue weighted by atomic mass is 32.1. The molecule has 1 fully saturated rings. The number of carboxylic acid groups (broad SMARTS) is 1. The molecule has 0 saturated heterocycles. The zero-order valence-corrected chi connectivity index (χ0v) is 19.8. The van der Waals surface area contributed by atoms with E-state index in [1.54, 1.807) is 0 Å². The third-order valence-electron chi connectivity index (χ3n) is 7.32. The Bertz CT molecular complexity index is 1150. The summed E-state index contributed by atoms with van der Waals surface area (Å²) in [6.07, 6.45) is -0.664. The first-order valence-electron chi connectivity index (χ1n) is 11.3. The Hall–Kier alpha value is -2.00. The van der Waals surface area contributed by atoms with E-state index >= 15 is 0 Å². The summed E-state index contributed by atoms with van der Waals surface area (Å²) in [4.78, 5) is 31.4. The molecule has 0 aromatic carbocycles. The number of rotatable bonds is 5. The van der Waals surface area contributed by atoms with Gasteiger partial charge in [-0.15, -0.1) is 22.7 Å². The van der Waals surface area contributed by atoms with Crippen LogP contribution in [0.3, 0.4) is 0 Å². The zero-order valence-electron chi connectivity index (χ0n) is 18.1. The van der Waals surface area contributed by atoms with Crippen molar-refractivity contribution < 1.29 is 27.9 Å². The number of carbonyl (C=O) groups is 2. The summed E-state index contributed by atoms with van der Waals surface area (Å²) in [6, 6.07) is 0. The normalized spacial score (nSPS) is 24.8. The van der Waals surface area contributed by atoms with Crippen LogP contribution in [0.4, 0.5) is 13.2 Å². The summed E-state index contributed by atoms with van der Waals surface area (Å²) in [6.45, 7) is 1.87. The van der Waals surface area contributed by atoms with Crippen LogP contribution in [0.5, 0.6) is 0 Å². The molecule has 0 aliphatic heterocycles. The van der Waals surface area contributed by atoms with E-state index in [-0.39, 0.29) is 42.5 Å². The summed E-state index contributed by atoms with van der Waals surface area (Å²) in [5, 5.41) is 12.4. The Morgan fingerprint density at radius 2 is 1.79 bits per heavy atom. The molecule has 2 bridgehead atoms. The van der Waals surface area contributed by atoms with Gasteiger partial charge in [0.15, 0.2) is 5.78 Å². The molecule has 1 N–H and O–H groups in total. The molecule has 176 valence electrons. The molecule has 4 aliphatic carbocycles. The van der Waals surface area contributed by atoms with Crippen LogP contribution >= 0.6 is 22.7 Å². The minimum Gasteiger partial charge on any atom is -0.478 e. The van der Waals surface area contributed by atoms with Crippen molar-refractivity contribution in [1.82, 2.24) is 4.98 Å². The van der Waals surface area contributed by atoms with E-state index in [4.69, 9.17) is 0 Å². The maximum absolute atomic E-state index is 13.5. The molecule has 1 unspecified atom stereocenters. The van der Waals surface area contributed by atoms with E-state index in [0.29, 0.717) is 16.9 Å². The molecule has 0 spiro atoms. The van der Waals surface area contributed by atoms with Crippen LogP contribution in [-0.4, -0.2) is 28.0 Å². The first-order valence-corrected chi connectivity index (χ1v) is 13.0. The number of hydrogen-bond donors (Lipinski definition) is 1. The predicted molar refractivity (Wildman–Crippen MR) is 121 cm³/mol. The van der Waals surface area contributed by atoms with E-state index in [9.17, 15) is 27.9 Å². The Labute approximate surface area is 197 Å². The number of aryl methyl sites for hydroxylation is 1. The predicted octanol–water partition coefficient (Wildman–Crippen LogP) is 6.16. The van der Waals surface area contributed by atoms with Crippen molar-refractivity contribution in [3.05, 3.63) is 37.5 Å². The third-order valence-corrected chi connectivity index (χ3v) is 9.55. The minimum atomic E-state index is -4.24. The van der Waals surface area contributed by atoms with Crippen LogP contribution in [0, 0.1) is 24.7 Å². The molecule has 6 rings (SSSR count). The van der Waals surface area contributed by atoms with E-state index in [2.05, 4.69) is 4.98 Å². The fourth-order valence-electron chi connectivity index (χ4n) is 5.78. The molecule has 4 aliphatic rings. The molecule has 2 aromatic rings. The van der Waals surface area contributed by atoms with Gasteiger partial charge in [0.1, 0.15) is 5.01 Å². The second-order valence-electron chi connectivity index (χ2n) is 9.36. The van der Waals surface area contributed by atoms with Gasteiger partial charge in [-0.25, -0.2) is 9.78 Å². The molecule has 2 heterocycles.